The number of primary amides is 1. The molecule has 3 aromatic carbocycles. The van der Waals surface area contributed by atoms with E-state index in [1.165, 1.54) is 31.2 Å². The van der Waals surface area contributed by atoms with E-state index in [0.29, 0.717) is 11.1 Å². The number of amides is 5. The number of benzene rings is 3. The third-order valence-corrected chi connectivity index (χ3v) is 6.87. The summed E-state index contributed by atoms with van der Waals surface area (Å²) in [6.45, 7) is 0.931. The second kappa shape index (κ2) is 16.4. The Morgan fingerprint density at radius 2 is 1.16 bits per heavy atom. The number of phenolic OH excluding ortho intramolecular Hbond substituents is 2. The van der Waals surface area contributed by atoms with Crippen molar-refractivity contribution in [2.45, 2.75) is 50.4 Å². The van der Waals surface area contributed by atoms with E-state index in [4.69, 9.17) is 11.5 Å². The predicted octanol–water partition coefficient (Wildman–Crippen LogP) is -0.471. The number of hydrogen-bond acceptors (Lipinski definition) is 8. The van der Waals surface area contributed by atoms with Crippen molar-refractivity contribution in [2.24, 2.45) is 11.5 Å². The number of nitrogens with two attached hydrogens (primary N) is 2. The summed E-state index contributed by atoms with van der Waals surface area (Å²) in [7, 11) is 0. The van der Waals surface area contributed by atoms with Crippen LogP contribution in [0.2, 0.25) is 0 Å². The zero-order valence-electron chi connectivity index (χ0n) is 24.7. The van der Waals surface area contributed by atoms with Gasteiger partial charge in [-0.1, -0.05) is 54.6 Å². The topological polar surface area (TPSA) is 226 Å². The molecule has 0 unspecified atom stereocenters. The summed E-state index contributed by atoms with van der Waals surface area (Å²) in [5.74, 6) is -3.27. The molecule has 45 heavy (non-hydrogen) atoms. The highest BCUT2D eigenvalue weighted by atomic mass is 16.3. The molecule has 0 fully saturated rings. The number of hydrogen-bond donors (Lipinski definition) is 8. The Balaban J connectivity index is 1.58. The quantitative estimate of drug-likeness (QED) is 0.111. The van der Waals surface area contributed by atoms with E-state index in [1.807, 2.05) is 6.07 Å². The molecule has 3 rings (SSSR count). The number of aromatic hydroxyl groups is 2. The molecule has 13 heteroatoms. The van der Waals surface area contributed by atoms with Crippen LogP contribution in [0.3, 0.4) is 0 Å². The maximum absolute atomic E-state index is 13.3. The fourth-order valence-electron chi connectivity index (χ4n) is 4.35. The molecule has 13 nitrogen and oxygen atoms in total. The van der Waals surface area contributed by atoms with Crippen LogP contribution in [-0.2, 0) is 43.2 Å². The van der Waals surface area contributed by atoms with Gasteiger partial charge in [0.15, 0.2) is 0 Å². The van der Waals surface area contributed by atoms with Crippen molar-refractivity contribution in [2.75, 3.05) is 6.54 Å². The smallest absolute Gasteiger partial charge is 0.243 e. The highest BCUT2D eigenvalue weighted by Crippen LogP contribution is 2.13. The Morgan fingerprint density at radius 1 is 0.644 bits per heavy atom. The van der Waals surface area contributed by atoms with E-state index in [2.05, 4.69) is 21.3 Å². The first-order valence-electron chi connectivity index (χ1n) is 14.2. The molecule has 0 aromatic heterocycles. The van der Waals surface area contributed by atoms with Gasteiger partial charge in [-0.3, -0.25) is 24.0 Å². The Morgan fingerprint density at radius 3 is 1.71 bits per heavy atom. The largest absolute Gasteiger partial charge is 0.508 e. The summed E-state index contributed by atoms with van der Waals surface area (Å²) in [4.78, 5) is 63.2. The van der Waals surface area contributed by atoms with E-state index >= 15 is 0 Å². The fourth-order valence-corrected chi connectivity index (χ4v) is 4.35. The molecule has 0 aliphatic heterocycles. The van der Waals surface area contributed by atoms with Gasteiger partial charge in [0, 0.05) is 12.8 Å². The molecule has 0 aliphatic rings. The first-order valence-corrected chi connectivity index (χ1v) is 14.2. The molecular formula is C32H38N6O7. The van der Waals surface area contributed by atoms with Crippen LogP contribution in [0.25, 0.3) is 0 Å². The number of rotatable bonds is 15. The molecule has 238 valence electrons. The van der Waals surface area contributed by atoms with Gasteiger partial charge in [0.1, 0.15) is 29.6 Å². The number of phenols is 2. The minimum absolute atomic E-state index is 0.0243. The summed E-state index contributed by atoms with van der Waals surface area (Å²) < 4.78 is 0. The number of nitrogens with one attached hydrogen (secondary N) is 4. The molecule has 0 bridgehead atoms. The molecule has 0 aliphatic carbocycles. The van der Waals surface area contributed by atoms with E-state index < -0.39 is 60.2 Å². The molecular weight excluding hydrogens is 580 g/mol. The van der Waals surface area contributed by atoms with Gasteiger partial charge < -0.3 is 42.9 Å². The lowest BCUT2D eigenvalue weighted by Crippen LogP contribution is -2.56. The average Bonchev–Trinajstić information content (AvgIpc) is 3.01. The van der Waals surface area contributed by atoms with Crippen LogP contribution in [0.15, 0.2) is 78.9 Å². The first kappa shape index (κ1) is 34.1. The van der Waals surface area contributed by atoms with Crippen LogP contribution < -0.4 is 32.7 Å². The second-order valence-electron chi connectivity index (χ2n) is 10.6. The van der Waals surface area contributed by atoms with Crippen molar-refractivity contribution in [1.82, 2.24) is 21.3 Å². The van der Waals surface area contributed by atoms with E-state index in [9.17, 15) is 34.2 Å². The third kappa shape index (κ3) is 11.3. The lowest BCUT2D eigenvalue weighted by molar-refractivity contribution is -0.132. The van der Waals surface area contributed by atoms with E-state index in [0.717, 1.165) is 5.56 Å². The molecule has 5 amide bonds. The highest BCUT2D eigenvalue weighted by Gasteiger charge is 2.27. The van der Waals surface area contributed by atoms with E-state index in [-0.39, 0.29) is 30.8 Å². The molecule has 0 radical (unpaired) electrons. The van der Waals surface area contributed by atoms with Crippen LogP contribution in [-0.4, -0.2) is 70.5 Å². The van der Waals surface area contributed by atoms with Gasteiger partial charge in [0.2, 0.25) is 29.5 Å². The van der Waals surface area contributed by atoms with Crippen molar-refractivity contribution < 1.29 is 34.2 Å². The molecule has 0 spiro atoms. The van der Waals surface area contributed by atoms with Crippen LogP contribution >= 0.6 is 0 Å². The van der Waals surface area contributed by atoms with Crippen LogP contribution in [0, 0.1) is 0 Å². The molecule has 0 heterocycles. The first-order chi connectivity index (χ1) is 21.4. The molecule has 4 atom stereocenters. The van der Waals surface area contributed by atoms with Gasteiger partial charge in [0.05, 0.1) is 12.6 Å². The Kier molecular flexibility index (Phi) is 12.4. The van der Waals surface area contributed by atoms with Gasteiger partial charge in [-0.25, -0.2) is 0 Å². The maximum Gasteiger partial charge on any atom is 0.243 e. The average molecular weight is 619 g/mol. The minimum Gasteiger partial charge on any atom is -0.508 e. The van der Waals surface area contributed by atoms with Gasteiger partial charge in [-0.15, -0.1) is 0 Å². The van der Waals surface area contributed by atoms with Crippen molar-refractivity contribution in [3.05, 3.63) is 95.6 Å². The van der Waals surface area contributed by atoms with Crippen LogP contribution in [0.1, 0.15) is 23.6 Å². The molecule has 0 saturated heterocycles. The summed E-state index contributed by atoms with van der Waals surface area (Å²) in [5.41, 5.74) is 13.6. The Labute approximate surface area is 260 Å². The van der Waals surface area contributed by atoms with Crippen LogP contribution in [0.4, 0.5) is 0 Å². The van der Waals surface area contributed by atoms with Gasteiger partial charge >= 0.3 is 0 Å². The lowest BCUT2D eigenvalue weighted by atomic mass is 10.0. The predicted molar refractivity (Wildman–Crippen MR) is 165 cm³/mol. The Bertz CT molecular complexity index is 1470. The molecule has 0 saturated carbocycles. The monoisotopic (exact) mass is 618 g/mol. The van der Waals surface area contributed by atoms with Crippen molar-refractivity contribution in [3.8, 4) is 11.5 Å². The number of carbonyl (C=O) groups is 5. The SMILES string of the molecule is C[C@@H](NC(=O)[C@H](Cc1ccc(O)cc1)NC(=O)[C@@H](N)Cc1ccc(O)cc1)C(=O)NCC(=O)N[C@@H](Cc1ccccc1)C(N)=O. The summed E-state index contributed by atoms with van der Waals surface area (Å²) in [6.07, 6.45) is 0.341. The zero-order chi connectivity index (χ0) is 32.9. The zero-order valence-corrected chi connectivity index (χ0v) is 24.7. The van der Waals surface area contributed by atoms with Gasteiger partial charge in [-0.05, 0) is 54.3 Å². The highest BCUT2D eigenvalue weighted by molar-refractivity contribution is 5.94. The summed E-state index contributed by atoms with van der Waals surface area (Å²) in [5, 5.41) is 29.2. The summed E-state index contributed by atoms with van der Waals surface area (Å²) in [6, 6.07) is 17.0. The fraction of sp³-hybridized carbons (Fsp3) is 0.281. The normalized spacial score (nSPS) is 13.4. The van der Waals surface area contributed by atoms with Crippen molar-refractivity contribution in [1.29, 1.82) is 0 Å². The molecule has 10 N–H and O–H groups in total. The minimum atomic E-state index is -1.14. The third-order valence-electron chi connectivity index (χ3n) is 6.87. The Hall–Kier alpha value is -5.43. The van der Waals surface area contributed by atoms with Crippen molar-refractivity contribution >= 4 is 29.5 Å². The van der Waals surface area contributed by atoms with E-state index in [1.54, 1.807) is 48.5 Å². The van der Waals surface area contributed by atoms with Gasteiger partial charge in [0.25, 0.3) is 0 Å². The number of carbonyl (C=O) groups excluding carboxylic acids is 5. The summed E-state index contributed by atoms with van der Waals surface area (Å²) >= 11 is 0. The van der Waals surface area contributed by atoms with Crippen LogP contribution in [0.5, 0.6) is 11.5 Å². The standard InChI is InChI=1S/C32H38N6O7/c1-19(30(43)35-18-28(41)37-26(29(34)42)16-20-5-3-2-4-6-20)36-32(45)27(17-22-9-13-24(40)14-10-22)38-31(44)25(33)15-21-7-11-23(39)12-8-21/h2-14,19,25-27,39-40H,15-18,33H2,1H3,(H2,34,42)(H,35,43)(H,36,45)(H,37,41)(H,38,44)/t19-,25+,26+,27+/m1/s1. The lowest BCUT2D eigenvalue weighted by Gasteiger charge is -2.23. The maximum atomic E-state index is 13.3. The van der Waals surface area contributed by atoms with Crippen molar-refractivity contribution in [3.63, 3.8) is 0 Å². The van der Waals surface area contributed by atoms with Gasteiger partial charge in [-0.2, -0.15) is 0 Å². The molecule has 3 aromatic rings. The second-order valence-corrected chi connectivity index (χ2v) is 10.6.